The second-order valence-electron chi connectivity index (χ2n) is 4.64. The number of halogens is 2. The average Bonchev–Trinajstić information content (AvgIpc) is 2.44. The molecule has 0 saturated heterocycles. The Bertz CT molecular complexity index is 631. The maximum absolute atomic E-state index is 13.6. The molecule has 0 aliphatic rings. The molecule has 2 rings (SSSR count). The Balaban J connectivity index is 1.80. The van der Waals surface area contributed by atoms with Crippen molar-refractivity contribution in [2.45, 2.75) is 12.7 Å². The number of anilines is 1. The number of carbonyl (C=O) groups is 1. The lowest BCUT2D eigenvalue weighted by Gasteiger charge is -2.06. The molecule has 0 fully saturated rings. The predicted molar refractivity (Wildman–Crippen MR) is 90.1 cm³/mol. The summed E-state index contributed by atoms with van der Waals surface area (Å²) >= 11 is 4.61. The largest absolute Gasteiger partial charge is 0.325 e. The van der Waals surface area contributed by atoms with Gasteiger partial charge in [0.15, 0.2) is 0 Å². The summed E-state index contributed by atoms with van der Waals surface area (Å²) in [6, 6.07) is 12.6. The second kappa shape index (κ2) is 7.61. The van der Waals surface area contributed by atoms with Crippen LogP contribution in [-0.2, 0) is 10.5 Å². The lowest BCUT2D eigenvalue weighted by atomic mass is 10.2. The van der Waals surface area contributed by atoms with Gasteiger partial charge in [-0.1, -0.05) is 39.7 Å². The smallest absolute Gasteiger partial charge is 0.234 e. The molecule has 110 valence electrons. The first-order chi connectivity index (χ1) is 10.0. The quantitative estimate of drug-likeness (QED) is 0.824. The summed E-state index contributed by atoms with van der Waals surface area (Å²) in [5.74, 6) is 0.432. The molecular weight excluding hydrogens is 353 g/mol. The number of thioether (sulfide) groups is 1. The summed E-state index contributed by atoms with van der Waals surface area (Å²) in [7, 11) is 0. The van der Waals surface area contributed by atoms with Crippen LogP contribution in [0.3, 0.4) is 0 Å². The van der Waals surface area contributed by atoms with Crippen molar-refractivity contribution in [2.24, 2.45) is 0 Å². The zero-order valence-electron chi connectivity index (χ0n) is 11.5. The molecule has 2 aromatic rings. The predicted octanol–water partition coefficient (Wildman–Crippen LogP) is 4.77. The van der Waals surface area contributed by atoms with Gasteiger partial charge in [0.05, 0.1) is 5.75 Å². The highest BCUT2D eigenvalue weighted by molar-refractivity contribution is 9.10. The summed E-state index contributed by atoms with van der Waals surface area (Å²) in [5, 5.41) is 2.82. The summed E-state index contributed by atoms with van der Waals surface area (Å²) in [6.07, 6.45) is 0. The summed E-state index contributed by atoms with van der Waals surface area (Å²) in [5.41, 5.74) is 2.53. The van der Waals surface area contributed by atoms with Gasteiger partial charge in [0.2, 0.25) is 5.91 Å². The van der Waals surface area contributed by atoms with E-state index in [1.54, 1.807) is 12.1 Å². The molecule has 2 aromatic carbocycles. The maximum Gasteiger partial charge on any atom is 0.234 e. The Morgan fingerprint density at radius 1 is 1.24 bits per heavy atom. The van der Waals surface area contributed by atoms with E-state index < -0.39 is 0 Å². The van der Waals surface area contributed by atoms with Crippen molar-refractivity contribution >= 4 is 39.3 Å². The summed E-state index contributed by atoms with van der Waals surface area (Å²) in [6.45, 7) is 1.99. The number of nitrogens with one attached hydrogen (secondary N) is 1. The van der Waals surface area contributed by atoms with Crippen LogP contribution in [0.4, 0.5) is 10.1 Å². The zero-order chi connectivity index (χ0) is 15.2. The van der Waals surface area contributed by atoms with Crippen LogP contribution >= 0.6 is 27.7 Å². The highest BCUT2D eigenvalue weighted by Gasteiger charge is 2.06. The van der Waals surface area contributed by atoms with Gasteiger partial charge < -0.3 is 5.32 Å². The van der Waals surface area contributed by atoms with Crippen molar-refractivity contribution in [3.63, 3.8) is 0 Å². The monoisotopic (exact) mass is 367 g/mol. The van der Waals surface area contributed by atoms with Gasteiger partial charge >= 0.3 is 0 Å². The van der Waals surface area contributed by atoms with Crippen LogP contribution in [0.5, 0.6) is 0 Å². The van der Waals surface area contributed by atoms with Gasteiger partial charge in [-0.05, 0) is 36.8 Å². The van der Waals surface area contributed by atoms with Crippen molar-refractivity contribution in [1.82, 2.24) is 0 Å². The maximum atomic E-state index is 13.6. The average molecular weight is 368 g/mol. The van der Waals surface area contributed by atoms with Crippen LogP contribution in [0.25, 0.3) is 0 Å². The Kier molecular flexibility index (Phi) is 5.82. The van der Waals surface area contributed by atoms with Crippen molar-refractivity contribution in [1.29, 1.82) is 0 Å². The number of carbonyl (C=O) groups excluding carboxylic acids is 1. The Morgan fingerprint density at radius 2 is 1.95 bits per heavy atom. The van der Waals surface area contributed by atoms with Crippen LogP contribution in [-0.4, -0.2) is 11.7 Å². The van der Waals surface area contributed by atoms with Gasteiger partial charge in [-0.2, -0.15) is 0 Å². The fourth-order valence-electron chi connectivity index (χ4n) is 1.73. The van der Waals surface area contributed by atoms with Crippen LogP contribution < -0.4 is 5.32 Å². The molecule has 21 heavy (non-hydrogen) atoms. The van der Waals surface area contributed by atoms with Gasteiger partial charge in [-0.15, -0.1) is 11.8 Å². The molecule has 0 aliphatic carbocycles. The topological polar surface area (TPSA) is 29.1 Å². The summed E-state index contributed by atoms with van der Waals surface area (Å²) in [4.78, 5) is 11.8. The molecule has 0 heterocycles. The molecule has 0 spiro atoms. The Morgan fingerprint density at radius 3 is 2.62 bits per heavy atom. The number of hydrogen-bond donors (Lipinski definition) is 1. The van der Waals surface area contributed by atoms with E-state index in [4.69, 9.17) is 0 Å². The van der Waals surface area contributed by atoms with E-state index in [1.807, 2.05) is 31.2 Å². The first kappa shape index (κ1) is 16.0. The minimum atomic E-state index is -0.254. The second-order valence-corrected chi connectivity index (χ2v) is 6.54. The standard InChI is InChI=1S/C16H15BrFNOS/c1-11-2-6-14(7-3-11)19-16(20)10-21-9-12-4-5-13(17)8-15(12)18/h2-8H,9-10H2,1H3,(H,19,20). The third kappa shape index (κ3) is 5.17. The van der Waals surface area contributed by atoms with E-state index in [-0.39, 0.29) is 11.7 Å². The van der Waals surface area contributed by atoms with Crippen molar-refractivity contribution in [2.75, 3.05) is 11.1 Å². The van der Waals surface area contributed by atoms with E-state index in [0.717, 1.165) is 11.3 Å². The van der Waals surface area contributed by atoms with Gasteiger partial charge in [-0.25, -0.2) is 4.39 Å². The normalized spacial score (nSPS) is 10.4. The lowest BCUT2D eigenvalue weighted by Crippen LogP contribution is -2.14. The number of benzene rings is 2. The molecule has 1 amide bonds. The Labute approximate surface area is 136 Å². The molecule has 1 N–H and O–H groups in total. The minimum absolute atomic E-state index is 0.0821. The van der Waals surface area contributed by atoms with Crippen LogP contribution in [0, 0.1) is 12.7 Å². The van der Waals surface area contributed by atoms with E-state index in [0.29, 0.717) is 21.5 Å². The van der Waals surface area contributed by atoms with Gasteiger partial charge in [-0.3, -0.25) is 4.79 Å². The number of amides is 1. The molecule has 5 heteroatoms. The van der Waals surface area contributed by atoms with E-state index in [1.165, 1.54) is 17.8 Å². The SMILES string of the molecule is Cc1ccc(NC(=O)CSCc2ccc(Br)cc2F)cc1. The first-order valence-electron chi connectivity index (χ1n) is 6.43. The highest BCUT2D eigenvalue weighted by atomic mass is 79.9. The minimum Gasteiger partial charge on any atom is -0.325 e. The van der Waals surface area contributed by atoms with Crippen molar-refractivity contribution < 1.29 is 9.18 Å². The number of aryl methyl sites for hydroxylation is 1. The molecule has 0 aliphatic heterocycles. The molecule has 2 nitrogen and oxygen atoms in total. The third-order valence-corrected chi connectivity index (χ3v) is 4.32. The van der Waals surface area contributed by atoms with E-state index in [2.05, 4.69) is 21.2 Å². The van der Waals surface area contributed by atoms with Gasteiger partial charge in [0.1, 0.15) is 5.82 Å². The van der Waals surface area contributed by atoms with Crippen LogP contribution in [0.2, 0.25) is 0 Å². The fourth-order valence-corrected chi connectivity index (χ4v) is 2.87. The zero-order valence-corrected chi connectivity index (χ0v) is 13.9. The lowest BCUT2D eigenvalue weighted by molar-refractivity contribution is -0.113. The van der Waals surface area contributed by atoms with Crippen LogP contribution in [0.15, 0.2) is 46.9 Å². The highest BCUT2D eigenvalue weighted by Crippen LogP contribution is 2.20. The molecule has 0 bridgehead atoms. The van der Waals surface area contributed by atoms with Crippen molar-refractivity contribution in [3.05, 3.63) is 63.9 Å². The Hall–Kier alpha value is -1.33. The molecule has 0 unspecified atom stereocenters. The van der Waals surface area contributed by atoms with E-state index in [9.17, 15) is 9.18 Å². The van der Waals surface area contributed by atoms with Gasteiger partial charge in [0, 0.05) is 15.9 Å². The molecule has 0 saturated carbocycles. The van der Waals surface area contributed by atoms with Crippen LogP contribution in [0.1, 0.15) is 11.1 Å². The molecule has 0 radical (unpaired) electrons. The molecular formula is C16H15BrFNOS. The van der Waals surface area contributed by atoms with E-state index >= 15 is 0 Å². The summed E-state index contributed by atoms with van der Waals surface area (Å²) < 4.78 is 14.3. The third-order valence-electron chi connectivity index (χ3n) is 2.84. The van der Waals surface area contributed by atoms with Crippen molar-refractivity contribution in [3.8, 4) is 0 Å². The number of hydrogen-bond acceptors (Lipinski definition) is 2. The molecule has 0 atom stereocenters. The van der Waals surface area contributed by atoms with Gasteiger partial charge in [0.25, 0.3) is 0 Å². The number of rotatable bonds is 5. The molecule has 0 aromatic heterocycles. The fraction of sp³-hybridized carbons (Fsp3) is 0.188. The first-order valence-corrected chi connectivity index (χ1v) is 8.37.